The van der Waals surface area contributed by atoms with Crippen molar-refractivity contribution in [2.24, 2.45) is 0 Å². The van der Waals surface area contributed by atoms with Crippen molar-refractivity contribution < 1.29 is 49.0 Å². The first-order valence-electron chi connectivity index (χ1n) is 20.6. The number of hydrogen-bond acceptors (Lipinski definition) is 0. The van der Waals surface area contributed by atoms with E-state index < -0.39 is 0 Å². The molecule has 0 bridgehead atoms. The Kier molecular flexibility index (Phi) is 19.2. The molecule has 0 radical (unpaired) electrons. The van der Waals surface area contributed by atoms with Crippen LogP contribution in [0.15, 0.2) is 60.7 Å². The number of fused-ring (bicyclic) bond motifs is 3. The Labute approximate surface area is 370 Å². The van der Waals surface area contributed by atoms with Gasteiger partial charge in [-0.1, -0.05) is 117 Å². The Morgan fingerprint density at radius 3 is 1.52 bits per heavy atom. The standard InChI is InChI=1S/C39H45.C9H18.C5H5.2ClH.Zr/c1-22-13-24(3)36(25(4)14-22)32-18-28-17-29-19-33(37-26(5)15-23(2)16-27(37)6)35(39(10,11)12)21-31(29)30(28)20-34(32)38(7,8)9;1-3-5-7-9-8-6-4-2;1-2-4-5-3-1;;;/h13-16,18,20-21H,17H2,1-12H3;3-8H2,1-2H3;1-3H,4H2;2*1H;/q-1;;-1;;;+2/p-2. The minimum absolute atomic E-state index is 0. The molecular weight excluding hydrogens is 799 g/mol. The number of halogens is 2. The molecule has 0 atom stereocenters. The monoisotopic (exact) mass is 864 g/mol. The first-order chi connectivity index (χ1) is 25.4. The molecule has 0 saturated heterocycles. The zero-order chi connectivity index (χ0) is 40.0. The molecule has 0 saturated carbocycles. The van der Waals surface area contributed by atoms with E-state index in [1.54, 1.807) is 27.4 Å². The molecule has 0 aromatic heterocycles. The van der Waals surface area contributed by atoms with Gasteiger partial charge in [0.05, 0.1) is 0 Å². The van der Waals surface area contributed by atoms with E-state index in [1.807, 2.05) is 12.2 Å². The maximum absolute atomic E-state index is 4.01. The van der Waals surface area contributed by atoms with Crippen LogP contribution in [0.1, 0.15) is 156 Å². The minimum Gasteiger partial charge on any atom is -1.00 e. The Balaban J connectivity index is 0.000000536. The minimum atomic E-state index is 0. The Bertz CT molecular complexity index is 1840. The summed E-state index contributed by atoms with van der Waals surface area (Å²) in [7, 11) is 0. The van der Waals surface area contributed by atoms with E-state index in [0.717, 1.165) is 12.8 Å². The second kappa shape index (κ2) is 21.6. The van der Waals surface area contributed by atoms with Crippen molar-refractivity contribution in [1.29, 1.82) is 0 Å². The molecule has 3 heteroatoms. The van der Waals surface area contributed by atoms with E-state index >= 15 is 0 Å². The van der Waals surface area contributed by atoms with Crippen LogP contribution in [-0.4, -0.2) is 3.21 Å². The van der Waals surface area contributed by atoms with Crippen molar-refractivity contribution in [2.45, 2.75) is 159 Å². The quantitative estimate of drug-likeness (QED) is 0.137. The Morgan fingerprint density at radius 1 is 0.625 bits per heavy atom. The van der Waals surface area contributed by atoms with Crippen molar-refractivity contribution in [1.82, 2.24) is 0 Å². The van der Waals surface area contributed by atoms with Crippen LogP contribution in [0, 0.1) is 53.7 Å². The molecule has 4 aromatic rings. The fraction of sp³-hybridized carbons (Fsp3) is 0.453. The summed E-state index contributed by atoms with van der Waals surface area (Å²) in [4.78, 5) is 0. The summed E-state index contributed by atoms with van der Waals surface area (Å²) >= 11 is 1.67. The van der Waals surface area contributed by atoms with Crippen LogP contribution in [0.5, 0.6) is 0 Å². The number of benzene rings is 4. The predicted molar refractivity (Wildman–Crippen MR) is 236 cm³/mol. The van der Waals surface area contributed by atoms with Gasteiger partial charge in [0.15, 0.2) is 0 Å². The van der Waals surface area contributed by atoms with Crippen molar-refractivity contribution in [3.8, 4) is 33.4 Å². The van der Waals surface area contributed by atoms with Crippen LogP contribution in [-0.2, 0) is 41.5 Å². The van der Waals surface area contributed by atoms with Gasteiger partial charge in [0.1, 0.15) is 0 Å². The molecule has 0 amide bonds. The number of aryl methyl sites for hydroxylation is 6. The summed E-state index contributed by atoms with van der Waals surface area (Å²) in [5.74, 6) is 0. The molecule has 0 unspecified atom stereocenters. The largest absolute Gasteiger partial charge is 1.00 e. The van der Waals surface area contributed by atoms with E-state index in [9.17, 15) is 0 Å². The summed E-state index contributed by atoms with van der Waals surface area (Å²) < 4.78 is 1.79. The zero-order valence-corrected chi connectivity index (χ0v) is 41.2. The van der Waals surface area contributed by atoms with Gasteiger partial charge in [-0.05, 0) is 92.2 Å². The van der Waals surface area contributed by atoms with E-state index in [0.29, 0.717) is 0 Å². The second-order valence-electron chi connectivity index (χ2n) is 18.0. The fourth-order valence-electron chi connectivity index (χ4n) is 8.24. The van der Waals surface area contributed by atoms with Crippen molar-refractivity contribution >= 4 is 3.21 Å². The Morgan fingerprint density at radius 2 is 1.11 bits per heavy atom. The third kappa shape index (κ3) is 12.6. The number of unbranched alkanes of at least 4 members (excludes halogenated alkanes) is 2. The number of hydrogen-bond donors (Lipinski definition) is 0. The van der Waals surface area contributed by atoms with E-state index in [1.165, 1.54) is 128 Å². The van der Waals surface area contributed by atoms with Gasteiger partial charge in [0, 0.05) is 0 Å². The average Bonchev–Trinajstić information content (AvgIpc) is 3.76. The summed E-state index contributed by atoms with van der Waals surface area (Å²) in [6.07, 6.45) is 19.2. The predicted octanol–water partition coefficient (Wildman–Crippen LogP) is 9.24. The fourth-order valence-corrected chi connectivity index (χ4v) is 9.11. The number of rotatable bonds is 8. The van der Waals surface area contributed by atoms with Gasteiger partial charge in [-0.2, -0.15) is 6.08 Å². The smallest absolute Gasteiger partial charge is 0.0122 e. The van der Waals surface area contributed by atoms with E-state index in [-0.39, 0.29) is 35.6 Å². The van der Waals surface area contributed by atoms with Crippen LogP contribution in [0.3, 0.4) is 0 Å². The molecule has 4 aromatic carbocycles. The van der Waals surface area contributed by atoms with Crippen LogP contribution in [0.2, 0.25) is 0 Å². The second-order valence-corrected chi connectivity index (χ2v) is 19.8. The first kappa shape index (κ1) is 49.8. The topological polar surface area (TPSA) is 0 Å². The molecule has 56 heavy (non-hydrogen) atoms. The van der Waals surface area contributed by atoms with Gasteiger partial charge in [-0.3, -0.25) is 6.08 Å². The van der Waals surface area contributed by atoms with Gasteiger partial charge in [0.25, 0.3) is 0 Å². The first-order valence-corrected chi connectivity index (χ1v) is 21.8. The molecule has 2 aliphatic rings. The van der Waals surface area contributed by atoms with Gasteiger partial charge in [-0.15, -0.1) is 35.2 Å². The van der Waals surface area contributed by atoms with Crippen LogP contribution in [0.25, 0.3) is 33.4 Å². The van der Waals surface area contributed by atoms with Gasteiger partial charge in [0.2, 0.25) is 0 Å². The number of allylic oxidation sites excluding steroid dienone is 4. The maximum atomic E-state index is 4.01. The van der Waals surface area contributed by atoms with Crippen molar-refractivity contribution in [2.75, 3.05) is 0 Å². The molecule has 0 N–H and O–H groups in total. The average molecular weight is 867 g/mol. The van der Waals surface area contributed by atoms with Crippen molar-refractivity contribution in [3.05, 3.63) is 128 Å². The Hall–Kier alpha value is -2.31. The third-order valence-corrected chi connectivity index (χ3v) is 12.0. The third-order valence-electron chi connectivity index (χ3n) is 10.8. The van der Waals surface area contributed by atoms with Crippen LogP contribution in [0.4, 0.5) is 0 Å². The summed E-state index contributed by atoms with van der Waals surface area (Å²) in [5.41, 5.74) is 21.9. The molecule has 0 spiro atoms. The SMILES string of the molecule is CCCC[C](=[Zr+2])CCCC.Cc1cc(C)c(-c2[c-]c3c(cc2C(C)(C)C)-c2cc(C(C)(C)C)c(-c4c(C)cc(C)cc4C)cc2C3)c(C)c1.[C-]1=CC=CC1.[Cl-].[Cl-]. The molecule has 0 fully saturated rings. The van der Waals surface area contributed by atoms with E-state index in [4.69, 9.17) is 0 Å². The molecule has 0 nitrogen and oxygen atoms in total. The van der Waals surface area contributed by atoms with Crippen LogP contribution >= 0.6 is 0 Å². The van der Waals surface area contributed by atoms with Gasteiger partial charge in [-0.25, -0.2) is 12.2 Å². The zero-order valence-electron chi connectivity index (χ0n) is 37.2. The van der Waals surface area contributed by atoms with Gasteiger partial charge >= 0.3 is 79.8 Å². The molecule has 0 heterocycles. The summed E-state index contributed by atoms with van der Waals surface area (Å²) in [6, 6.07) is 20.8. The molecular formula is C53H68Cl2Zr-2. The summed E-state index contributed by atoms with van der Waals surface area (Å²) in [6.45, 7) is 32.1. The molecule has 300 valence electrons. The molecule has 0 aliphatic heterocycles. The van der Waals surface area contributed by atoms with Gasteiger partial charge < -0.3 is 24.8 Å². The summed E-state index contributed by atoms with van der Waals surface area (Å²) in [5, 5.41) is 0. The van der Waals surface area contributed by atoms with Crippen molar-refractivity contribution in [3.63, 3.8) is 0 Å². The van der Waals surface area contributed by atoms with Crippen LogP contribution < -0.4 is 24.8 Å². The molecule has 2 aliphatic carbocycles. The molecule has 6 rings (SSSR count). The van der Waals surface area contributed by atoms with E-state index in [2.05, 4.69) is 158 Å². The maximum Gasteiger partial charge on any atom is -0.0122 e. The normalized spacial score (nSPS) is 12.4.